The summed E-state index contributed by atoms with van der Waals surface area (Å²) in [5, 5.41) is 3.51. The molecule has 1 radical (unpaired) electrons. The highest BCUT2D eigenvalue weighted by atomic mass is 32.2. The Morgan fingerprint density at radius 3 is 2.65 bits per heavy atom. The zero-order valence-electron chi connectivity index (χ0n) is 12.3. The van der Waals surface area contributed by atoms with Gasteiger partial charge in [-0.05, 0) is 24.3 Å². The highest BCUT2D eigenvalue weighted by molar-refractivity contribution is 8.03. The number of rotatable bonds is 1. The summed E-state index contributed by atoms with van der Waals surface area (Å²) < 4.78 is 2.13. The quantitative estimate of drug-likeness (QED) is 0.800. The van der Waals surface area contributed by atoms with Gasteiger partial charge in [0.1, 0.15) is 14.1 Å². The standard InChI is InChI=1S/C16H19N3S/c1-18(2)11-5-7-13-15(9-11)20-16-10-12(19(3)4)6-8-14(16)17-13/h5-10,17H,1-4H3/q+1. The summed E-state index contributed by atoms with van der Waals surface area (Å²) in [6.45, 7) is 0. The molecule has 1 N–H and O–H groups in total. The van der Waals surface area contributed by atoms with Gasteiger partial charge in [0.25, 0.3) is 0 Å². The Bertz CT molecular complexity index is 650. The van der Waals surface area contributed by atoms with Gasteiger partial charge in [0, 0.05) is 41.4 Å². The predicted molar refractivity (Wildman–Crippen MR) is 87.8 cm³/mol. The lowest BCUT2D eigenvalue weighted by Crippen LogP contribution is -2.19. The number of thioether (sulfide) groups is 1. The fourth-order valence-corrected chi connectivity index (χ4v) is 3.27. The van der Waals surface area contributed by atoms with Gasteiger partial charge >= 0.3 is 0 Å². The van der Waals surface area contributed by atoms with Crippen molar-refractivity contribution in [3.8, 4) is 0 Å². The first kappa shape index (κ1) is 13.3. The molecule has 0 aromatic heterocycles. The van der Waals surface area contributed by atoms with E-state index < -0.39 is 0 Å². The molecule has 1 heterocycles. The lowest BCUT2D eigenvalue weighted by atomic mass is 10.1. The monoisotopic (exact) mass is 285 g/mol. The molecule has 1 aromatic carbocycles. The van der Waals surface area contributed by atoms with Crippen LogP contribution in [0.3, 0.4) is 0 Å². The second-order valence-corrected chi connectivity index (χ2v) is 6.46. The van der Waals surface area contributed by atoms with Crippen molar-refractivity contribution in [3.63, 3.8) is 0 Å². The Morgan fingerprint density at radius 1 is 1.15 bits per heavy atom. The number of anilines is 2. The van der Waals surface area contributed by atoms with Crippen LogP contribution in [0.5, 0.6) is 0 Å². The van der Waals surface area contributed by atoms with Crippen LogP contribution in [0.1, 0.15) is 0 Å². The molecule has 1 aromatic rings. The average Bonchev–Trinajstić information content (AvgIpc) is 2.43. The molecule has 3 nitrogen and oxygen atoms in total. The van der Waals surface area contributed by atoms with Crippen LogP contribution in [0.15, 0.2) is 45.8 Å². The SMILES string of the molecule is CN(C)c1ccc2c(c1)SC1=C(C=CC(=[N+](C)C)[CH]1)N2. The highest BCUT2D eigenvalue weighted by Gasteiger charge is 2.24. The van der Waals surface area contributed by atoms with Gasteiger partial charge < -0.3 is 10.2 Å². The topological polar surface area (TPSA) is 18.3 Å². The van der Waals surface area contributed by atoms with E-state index in [-0.39, 0.29) is 0 Å². The molecular weight excluding hydrogens is 266 g/mol. The third kappa shape index (κ3) is 2.36. The van der Waals surface area contributed by atoms with Gasteiger partial charge in [0.05, 0.1) is 12.1 Å². The number of hydrogen-bond donors (Lipinski definition) is 1. The van der Waals surface area contributed by atoms with Crippen molar-refractivity contribution in [2.45, 2.75) is 4.90 Å². The van der Waals surface area contributed by atoms with Gasteiger partial charge in [-0.15, -0.1) is 0 Å². The predicted octanol–water partition coefficient (Wildman–Crippen LogP) is 2.97. The molecule has 0 atom stereocenters. The second-order valence-electron chi connectivity index (χ2n) is 5.38. The molecule has 0 bridgehead atoms. The smallest absolute Gasteiger partial charge is 0.185 e. The maximum atomic E-state index is 3.51. The second kappa shape index (κ2) is 5.02. The molecule has 0 spiro atoms. The largest absolute Gasteiger partial charge is 0.378 e. The molecule has 20 heavy (non-hydrogen) atoms. The van der Waals surface area contributed by atoms with E-state index in [0.29, 0.717) is 0 Å². The van der Waals surface area contributed by atoms with Gasteiger partial charge in [0.15, 0.2) is 5.71 Å². The summed E-state index contributed by atoms with van der Waals surface area (Å²) in [5.41, 5.74) is 4.83. The number of nitrogens with zero attached hydrogens (tertiary/aromatic N) is 2. The first-order valence-corrected chi connectivity index (χ1v) is 7.44. The molecule has 2 aliphatic rings. The minimum absolute atomic E-state index is 1.19. The molecular formula is C16H19N3S+. The van der Waals surface area contributed by atoms with Gasteiger partial charge in [0.2, 0.25) is 0 Å². The van der Waals surface area contributed by atoms with Crippen molar-refractivity contribution in [2.75, 3.05) is 38.4 Å². The first-order chi connectivity index (χ1) is 9.54. The van der Waals surface area contributed by atoms with Crippen LogP contribution in [0.25, 0.3) is 0 Å². The van der Waals surface area contributed by atoms with E-state index in [1.807, 2.05) is 11.8 Å². The lowest BCUT2D eigenvalue weighted by Gasteiger charge is -2.25. The summed E-state index contributed by atoms with van der Waals surface area (Å²) in [6.07, 6.45) is 6.53. The van der Waals surface area contributed by atoms with Crippen LogP contribution in [0.4, 0.5) is 11.4 Å². The summed E-state index contributed by atoms with van der Waals surface area (Å²) in [5.74, 6) is 0. The van der Waals surface area contributed by atoms with Crippen molar-refractivity contribution < 1.29 is 4.58 Å². The Morgan fingerprint density at radius 2 is 1.95 bits per heavy atom. The zero-order chi connectivity index (χ0) is 14.3. The molecule has 1 aliphatic heterocycles. The van der Waals surface area contributed by atoms with Crippen LogP contribution in [-0.2, 0) is 0 Å². The molecule has 103 valence electrons. The van der Waals surface area contributed by atoms with Gasteiger partial charge in [-0.25, -0.2) is 4.58 Å². The van der Waals surface area contributed by atoms with E-state index in [4.69, 9.17) is 0 Å². The third-order valence-corrected chi connectivity index (χ3v) is 4.57. The summed E-state index contributed by atoms with van der Waals surface area (Å²) in [7, 11) is 8.28. The summed E-state index contributed by atoms with van der Waals surface area (Å²) >= 11 is 1.83. The fraction of sp³-hybridized carbons (Fsp3) is 0.250. The Hall–Kier alpha value is -1.68. The van der Waals surface area contributed by atoms with Crippen molar-refractivity contribution >= 4 is 28.8 Å². The zero-order valence-corrected chi connectivity index (χ0v) is 13.1. The molecule has 0 unspecified atom stereocenters. The average molecular weight is 285 g/mol. The van der Waals surface area contributed by atoms with Crippen molar-refractivity contribution in [3.05, 3.63) is 47.4 Å². The number of fused-ring (bicyclic) bond motifs is 1. The molecule has 0 fully saturated rings. The van der Waals surface area contributed by atoms with Crippen LogP contribution >= 0.6 is 11.8 Å². The van der Waals surface area contributed by atoms with E-state index in [2.05, 4.69) is 79.8 Å². The van der Waals surface area contributed by atoms with Crippen molar-refractivity contribution in [1.82, 2.24) is 0 Å². The van der Waals surface area contributed by atoms with E-state index in [1.165, 1.54) is 32.6 Å². The number of benzene rings is 1. The Labute approximate surface area is 124 Å². The van der Waals surface area contributed by atoms with E-state index in [0.717, 1.165) is 0 Å². The maximum absolute atomic E-state index is 3.51. The first-order valence-electron chi connectivity index (χ1n) is 6.62. The molecule has 3 rings (SSSR count). The van der Waals surface area contributed by atoms with Crippen LogP contribution in [-0.4, -0.2) is 38.5 Å². The van der Waals surface area contributed by atoms with Crippen molar-refractivity contribution in [2.24, 2.45) is 0 Å². The number of allylic oxidation sites excluding steroid dienone is 3. The molecule has 1 aliphatic carbocycles. The highest BCUT2D eigenvalue weighted by Crippen LogP contribution is 2.43. The van der Waals surface area contributed by atoms with Crippen LogP contribution < -0.4 is 10.2 Å². The van der Waals surface area contributed by atoms with Gasteiger partial charge in [-0.2, -0.15) is 0 Å². The number of hydrogen-bond acceptors (Lipinski definition) is 3. The fourth-order valence-electron chi connectivity index (χ4n) is 2.22. The molecule has 0 amide bonds. The lowest BCUT2D eigenvalue weighted by molar-refractivity contribution is -0.463. The molecule has 4 heteroatoms. The van der Waals surface area contributed by atoms with Gasteiger partial charge in [-0.1, -0.05) is 11.8 Å². The van der Waals surface area contributed by atoms with Gasteiger partial charge in [-0.3, -0.25) is 0 Å². The van der Waals surface area contributed by atoms with Crippen LogP contribution in [0.2, 0.25) is 0 Å². The van der Waals surface area contributed by atoms with Crippen LogP contribution in [0, 0.1) is 6.42 Å². The van der Waals surface area contributed by atoms with E-state index in [9.17, 15) is 0 Å². The third-order valence-electron chi connectivity index (χ3n) is 3.45. The van der Waals surface area contributed by atoms with E-state index in [1.54, 1.807) is 0 Å². The Balaban J connectivity index is 1.94. The summed E-state index contributed by atoms with van der Waals surface area (Å²) in [4.78, 5) is 4.69. The van der Waals surface area contributed by atoms with Crippen molar-refractivity contribution in [1.29, 1.82) is 0 Å². The molecule has 0 saturated heterocycles. The summed E-state index contributed by atoms with van der Waals surface area (Å²) in [6, 6.07) is 6.53. The minimum atomic E-state index is 1.19. The Kier molecular flexibility index (Phi) is 3.34. The normalized spacial score (nSPS) is 16.5. The van der Waals surface area contributed by atoms with E-state index >= 15 is 0 Å². The number of nitrogens with one attached hydrogen (secondary N) is 1. The molecule has 0 saturated carbocycles. The maximum Gasteiger partial charge on any atom is 0.185 e. The minimum Gasteiger partial charge on any atom is -0.378 e.